The van der Waals surface area contributed by atoms with Crippen LogP contribution in [0.25, 0.3) is 0 Å². The summed E-state index contributed by atoms with van der Waals surface area (Å²) in [4.78, 5) is 6.44. The maximum atomic E-state index is 5.95. The standard InChI is InChI=1S/C13H19N3/c1-16(10-11-6-5-7-11)13(14)15-12-8-3-2-4-9-12/h2-4,8-9,11H,5-7,10H2,1H3,(H2,14,15). The van der Waals surface area contributed by atoms with E-state index in [1.165, 1.54) is 19.3 Å². The van der Waals surface area contributed by atoms with E-state index in [1.54, 1.807) is 0 Å². The van der Waals surface area contributed by atoms with Crippen LogP contribution in [-0.2, 0) is 0 Å². The Hall–Kier alpha value is -1.51. The van der Waals surface area contributed by atoms with Crippen LogP contribution in [0.15, 0.2) is 35.3 Å². The van der Waals surface area contributed by atoms with Gasteiger partial charge in [-0.3, -0.25) is 0 Å². The Morgan fingerprint density at radius 1 is 1.38 bits per heavy atom. The lowest BCUT2D eigenvalue weighted by molar-refractivity contribution is 0.257. The smallest absolute Gasteiger partial charge is 0.196 e. The first-order valence-electron chi connectivity index (χ1n) is 5.86. The largest absolute Gasteiger partial charge is 0.369 e. The van der Waals surface area contributed by atoms with Crippen molar-refractivity contribution < 1.29 is 0 Å². The normalized spacial score (nSPS) is 16.9. The summed E-state index contributed by atoms with van der Waals surface area (Å²) < 4.78 is 0. The Balaban J connectivity index is 1.94. The van der Waals surface area contributed by atoms with Gasteiger partial charge in [-0.25, -0.2) is 4.99 Å². The van der Waals surface area contributed by atoms with Gasteiger partial charge < -0.3 is 10.6 Å². The highest BCUT2D eigenvalue weighted by Crippen LogP contribution is 2.26. The van der Waals surface area contributed by atoms with Crippen molar-refractivity contribution in [2.45, 2.75) is 19.3 Å². The Morgan fingerprint density at radius 3 is 2.62 bits per heavy atom. The molecule has 0 bridgehead atoms. The first kappa shape index (κ1) is 11.0. The zero-order valence-corrected chi connectivity index (χ0v) is 9.76. The molecule has 1 fully saturated rings. The molecule has 0 spiro atoms. The van der Waals surface area contributed by atoms with Crippen LogP contribution in [0.3, 0.4) is 0 Å². The van der Waals surface area contributed by atoms with E-state index < -0.39 is 0 Å². The van der Waals surface area contributed by atoms with E-state index >= 15 is 0 Å². The van der Waals surface area contributed by atoms with Gasteiger partial charge in [0.15, 0.2) is 5.96 Å². The molecule has 3 heteroatoms. The van der Waals surface area contributed by atoms with Crippen molar-refractivity contribution in [3.8, 4) is 0 Å². The topological polar surface area (TPSA) is 41.6 Å². The van der Waals surface area contributed by atoms with Gasteiger partial charge in [0.05, 0.1) is 5.69 Å². The average molecular weight is 217 g/mol. The molecule has 0 aromatic heterocycles. The number of nitrogens with zero attached hydrogens (tertiary/aromatic N) is 2. The van der Waals surface area contributed by atoms with Crippen molar-refractivity contribution in [2.24, 2.45) is 16.6 Å². The molecule has 2 N–H and O–H groups in total. The van der Waals surface area contributed by atoms with Gasteiger partial charge in [-0.15, -0.1) is 0 Å². The number of rotatable bonds is 3. The molecular weight excluding hydrogens is 198 g/mol. The lowest BCUT2D eigenvalue weighted by Gasteiger charge is -2.30. The molecule has 0 atom stereocenters. The summed E-state index contributed by atoms with van der Waals surface area (Å²) in [5, 5.41) is 0. The van der Waals surface area contributed by atoms with Crippen molar-refractivity contribution >= 4 is 11.6 Å². The summed E-state index contributed by atoms with van der Waals surface area (Å²) in [7, 11) is 2.01. The van der Waals surface area contributed by atoms with Gasteiger partial charge >= 0.3 is 0 Å². The van der Waals surface area contributed by atoms with Crippen LogP contribution in [0, 0.1) is 5.92 Å². The summed E-state index contributed by atoms with van der Waals surface area (Å²) in [5.74, 6) is 1.42. The average Bonchev–Trinajstić information content (AvgIpc) is 2.24. The lowest BCUT2D eigenvalue weighted by Crippen LogP contribution is -2.38. The molecule has 1 aliphatic rings. The minimum absolute atomic E-state index is 0.609. The molecule has 0 heterocycles. The van der Waals surface area contributed by atoms with E-state index in [1.807, 2.05) is 37.4 Å². The molecule has 0 unspecified atom stereocenters. The molecule has 1 aromatic carbocycles. The third-order valence-electron chi connectivity index (χ3n) is 3.15. The van der Waals surface area contributed by atoms with Gasteiger partial charge in [-0.1, -0.05) is 24.6 Å². The van der Waals surface area contributed by atoms with E-state index in [4.69, 9.17) is 5.73 Å². The van der Waals surface area contributed by atoms with Crippen LogP contribution in [0.2, 0.25) is 0 Å². The minimum atomic E-state index is 0.609. The number of hydrogen-bond acceptors (Lipinski definition) is 1. The van der Waals surface area contributed by atoms with Gasteiger partial charge in [0, 0.05) is 13.6 Å². The highest BCUT2D eigenvalue weighted by atomic mass is 15.2. The fraction of sp³-hybridized carbons (Fsp3) is 0.462. The fourth-order valence-corrected chi connectivity index (χ4v) is 1.88. The fourth-order valence-electron chi connectivity index (χ4n) is 1.88. The highest BCUT2D eigenvalue weighted by molar-refractivity contribution is 5.80. The molecule has 1 aromatic rings. The van der Waals surface area contributed by atoms with Crippen LogP contribution in [0.4, 0.5) is 5.69 Å². The predicted octanol–water partition coefficient (Wildman–Crippen LogP) is 2.36. The number of aliphatic imine (C=N–C) groups is 1. The maximum Gasteiger partial charge on any atom is 0.196 e. The van der Waals surface area contributed by atoms with Crippen LogP contribution >= 0.6 is 0 Å². The monoisotopic (exact) mass is 217 g/mol. The zero-order chi connectivity index (χ0) is 11.4. The number of nitrogens with two attached hydrogens (primary N) is 1. The van der Waals surface area contributed by atoms with Gasteiger partial charge in [0.25, 0.3) is 0 Å². The Bertz CT molecular complexity index is 355. The molecule has 3 nitrogen and oxygen atoms in total. The summed E-state index contributed by atoms with van der Waals surface area (Å²) in [5.41, 5.74) is 6.87. The van der Waals surface area contributed by atoms with Crippen molar-refractivity contribution in [1.82, 2.24) is 4.90 Å². The summed E-state index contributed by atoms with van der Waals surface area (Å²) >= 11 is 0. The zero-order valence-electron chi connectivity index (χ0n) is 9.76. The van der Waals surface area contributed by atoms with E-state index in [9.17, 15) is 0 Å². The van der Waals surface area contributed by atoms with Crippen LogP contribution in [0.5, 0.6) is 0 Å². The van der Waals surface area contributed by atoms with Crippen molar-refractivity contribution in [2.75, 3.05) is 13.6 Å². The SMILES string of the molecule is CN(CC1CCC1)C(N)=Nc1ccccc1. The Labute approximate surface area is 97.0 Å². The van der Waals surface area contributed by atoms with Crippen LogP contribution in [0.1, 0.15) is 19.3 Å². The van der Waals surface area contributed by atoms with Gasteiger partial charge in [-0.2, -0.15) is 0 Å². The van der Waals surface area contributed by atoms with E-state index in [0.717, 1.165) is 18.2 Å². The molecule has 0 aliphatic heterocycles. The lowest BCUT2D eigenvalue weighted by atomic mass is 9.85. The van der Waals surface area contributed by atoms with Gasteiger partial charge in [0.2, 0.25) is 0 Å². The van der Waals surface area contributed by atoms with Crippen molar-refractivity contribution in [1.29, 1.82) is 0 Å². The first-order valence-corrected chi connectivity index (χ1v) is 5.86. The maximum absolute atomic E-state index is 5.95. The van der Waals surface area contributed by atoms with Crippen molar-refractivity contribution in [3.05, 3.63) is 30.3 Å². The van der Waals surface area contributed by atoms with Crippen LogP contribution < -0.4 is 5.73 Å². The van der Waals surface area contributed by atoms with Gasteiger partial charge in [0.1, 0.15) is 0 Å². The Morgan fingerprint density at radius 2 is 2.06 bits per heavy atom. The summed E-state index contributed by atoms with van der Waals surface area (Å²) in [6.07, 6.45) is 4.04. The molecule has 1 saturated carbocycles. The van der Waals surface area contributed by atoms with E-state index in [-0.39, 0.29) is 0 Å². The molecule has 86 valence electrons. The number of benzene rings is 1. The first-order chi connectivity index (χ1) is 7.75. The number of guanidine groups is 1. The Kier molecular flexibility index (Phi) is 3.44. The molecule has 0 radical (unpaired) electrons. The van der Waals surface area contributed by atoms with E-state index in [2.05, 4.69) is 9.89 Å². The number of para-hydroxylation sites is 1. The third kappa shape index (κ3) is 2.75. The van der Waals surface area contributed by atoms with Gasteiger partial charge in [-0.05, 0) is 30.9 Å². The second kappa shape index (κ2) is 5.01. The van der Waals surface area contributed by atoms with E-state index in [0.29, 0.717) is 5.96 Å². The molecular formula is C13H19N3. The third-order valence-corrected chi connectivity index (χ3v) is 3.15. The van der Waals surface area contributed by atoms with Crippen LogP contribution in [-0.4, -0.2) is 24.5 Å². The molecule has 2 rings (SSSR count). The molecule has 16 heavy (non-hydrogen) atoms. The molecule has 1 aliphatic carbocycles. The summed E-state index contributed by atoms with van der Waals surface area (Å²) in [6, 6.07) is 9.84. The molecule has 0 saturated heterocycles. The van der Waals surface area contributed by atoms with Crippen molar-refractivity contribution in [3.63, 3.8) is 0 Å². The highest BCUT2D eigenvalue weighted by Gasteiger charge is 2.19. The summed E-state index contributed by atoms with van der Waals surface area (Å²) in [6.45, 7) is 1.03. The quantitative estimate of drug-likeness (QED) is 0.624. The molecule has 0 amide bonds. The second-order valence-electron chi connectivity index (χ2n) is 4.48. The number of hydrogen-bond donors (Lipinski definition) is 1. The second-order valence-corrected chi connectivity index (χ2v) is 4.48. The minimum Gasteiger partial charge on any atom is -0.369 e. The predicted molar refractivity (Wildman–Crippen MR) is 67.7 cm³/mol.